The van der Waals surface area contributed by atoms with Gasteiger partial charge in [0.05, 0.1) is 6.04 Å². The molecule has 1 atom stereocenters. The minimum atomic E-state index is -0.0103. The molecule has 0 fully saturated rings. The second-order valence-electron chi connectivity index (χ2n) is 4.93. The Bertz CT molecular complexity index is 593. The van der Waals surface area contributed by atoms with Gasteiger partial charge in [0.2, 0.25) is 0 Å². The fraction of sp³-hybridized carbons (Fsp3) is 0.250. The van der Waals surface area contributed by atoms with Crippen LogP contribution in [-0.2, 0) is 0 Å². The first-order valence-corrected chi connectivity index (χ1v) is 6.33. The molecule has 0 aliphatic heterocycles. The van der Waals surface area contributed by atoms with E-state index in [1.165, 1.54) is 0 Å². The maximum atomic E-state index is 9.97. The summed E-state index contributed by atoms with van der Waals surface area (Å²) in [6, 6.07) is 10.9. The number of anilines is 1. The number of nitrogens with one attached hydrogen (secondary N) is 1. The van der Waals surface area contributed by atoms with Crippen molar-refractivity contribution < 1.29 is 10.2 Å². The first-order chi connectivity index (χ1) is 8.97. The lowest BCUT2D eigenvalue weighted by Crippen LogP contribution is -2.08. The number of hydrogen-bond donors (Lipinski definition) is 3. The smallest absolute Gasteiger partial charge is 0.121 e. The minimum Gasteiger partial charge on any atom is -0.508 e. The van der Waals surface area contributed by atoms with Crippen LogP contribution in [0, 0.1) is 13.8 Å². The number of benzene rings is 2. The zero-order valence-corrected chi connectivity index (χ0v) is 11.4. The van der Waals surface area contributed by atoms with E-state index in [-0.39, 0.29) is 11.8 Å². The van der Waals surface area contributed by atoms with Crippen molar-refractivity contribution in [2.75, 3.05) is 5.32 Å². The second-order valence-corrected chi connectivity index (χ2v) is 4.93. The Balaban J connectivity index is 2.23. The van der Waals surface area contributed by atoms with Crippen LogP contribution in [0.15, 0.2) is 36.4 Å². The topological polar surface area (TPSA) is 52.5 Å². The Labute approximate surface area is 113 Å². The van der Waals surface area contributed by atoms with E-state index in [1.54, 1.807) is 18.2 Å². The molecule has 1 unspecified atom stereocenters. The fourth-order valence-corrected chi connectivity index (χ4v) is 2.14. The highest BCUT2D eigenvalue weighted by Gasteiger charge is 2.11. The number of hydrogen-bond acceptors (Lipinski definition) is 3. The molecule has 0 amide bonds. The van der Waals surface area contributed by atoms with E-state index in [0.29, 0.717) is 5.75 Å². The van der Waals surface area contributed by atoms with E-state index in [0.717, 1.165) is 22.4 Å². The number of rotatable bonds is 3. The average molecular weight is 257 g/mol. The van der Waals surface area contributed by atoms with Gasteiger partial charge in [-0.1, -0.05) is 12.1 Å². The molecule has 3 heteroatoms. The molecule has 0 saturated heterocycles. The molecule has 3 N–H and O–H groups in total. The lowest BCUT2D eigenvalue weighted by Gasteiger charge is -2.19. The monoisotopic (exact) mass is 257 g/mol. The van der Waals surface area contributed by atoms with Crippen LogP contribution in [-0.4, -0.2) is 10.2 Å². The molecule has 0 bridgehead atoms. The van der Waals surface area contributed by atoms with Crippen molar-refractivity contribution in [1.29, 1.82) is 0 Å². The van der Waals surface area contributed by atoms with Crippen LogP contribution in [0.2, 0.25) is 0 Å². The third-order valence-electron chi connectivity index (χ3n) is 3.23. The molecule has 0 aliphatic carbocycles. The summed E-state index contributed by atoms with van der Waals surface area (Å²) < 4.78 is 0. The second kappa shape index (κ2) is 5.22. The molecular weight excluding hydrogens is 238 g/mol. The Hall–Kier alpha value is -2.16. The highest BCUT2D eigenvalue weighted by Crippen LogP contribution is 2.29. The predicted molar refractivity (Wildman–Crippen MR) is 77.7 cm³/mol. The van der Waals surface area contributed by atoms with Crippen molar-refractivity contribution in [3.63, 3.8) is 0 Å². The van der Waals surface area contributed by atoms with Crippen molar-refractivity contribution in [3.05, 3.63) is 53.1 Å². The first-order valence-electron chi connectivity index (χ1n) is 6.33. The van der Waals surface area contributed by atoms with Gasteiger partial charge >= 0.3 is 0 Å². The summed E-state index contributed by atoms with van der Waals surface area (Å²) in [7, 11) is 0. The molecule has 0 heterocycles. The summed E-state index contributed by atoms with van der Waals surface area (Å²) in [5, 5.41) is 22.7. The van der Waals surface area contributed by atoms with Gasteiger partial charge in [-0.3, -0.25) is 0 Å². The Morgan fingerprint density at radius 1 is 1.00 bits per heavy atom. The fourth-order valence-electron chi connectivity index (χ4n) is 2.14. The van der Waals surface area contributed by atoms with Crippen molar-refractivity contribution in [1.82, 2.24) is 0 Å². The van der Waals surface area contributed by atoms with Crippen LogP contribution in [0.4, 0.5) is 5.69 Å². The number of phenolic OH excluding ortho intramolecular Hbond substituents is 2. The average Bonchev–Trinajstić information content (AvgIpc) is 2.32. The predicted octanol–water partition coefficient (Wildman–Crippen LogP) is 3.89. The van der Waals surface area contributed by atoms with Crippen molar-refractivity contribution in [2.24, 2.45) is 0 Å². The van der Waals surface area contributed by atoms with Gasteiger partial charge in [0, 0.05) is 11.3 Å². The van der Waals surface area contributed by atoms with E-state index < -0.39 is 0 Å². The van der Waals surface area contributed by atoms with Crippen LogP contribution in [0.25, 0.3) is 0 Å². The van der Waals surface area contributed by atoms with Crippen LogP contribution in [0.1, 0.15) is 29.7 Å². The lowest BCUT2D eigenvalue weighted by atomic mass is 10.0. The summed E-state index contributed by atoms with van der Waals surface area (Å²) in [6.45, 7) is 5.88. The summed E-state index contributed by atoms with van der Waals surface area (Å²) in [4.78, 5) is 0. The third kappa shape index (κ3) is 2.99. The highest BCUT2D eigenvalue weighted by atomic mass is 16.3. The molecule has 3 nitrogen and oxygen atoms in total. The first kappa shape index (κ1) is 13.3. The third-order valence-corrected chi connectivity index (χ3v) is 3.23. The largest absolute Gasteiger partial charge is 0.508 e. The lowest BCUT2D eigenvalue weighted by molar-refractivity contribution is 0.465. The molecule has 2 rings (SSSR count). The summed E-state index contributed by atoms with van der Waals surface area (Å²) in [6.07, 6.45) is 0. The van der Waals surface area contributed by atoms with E-state index in [2.05, 4.69) is 5.32 Å². The summed E-state index contributed by atoms with van der Waals surface area (Å²) >= 11 is 0. The van der Waals surface area contributed by atoms with Gasteiger partial charge in [-0.25, -0.2) is 0 Å². The Morgan fingerprint density at radius 3 is 2.37 bits per heavy atom. The van der Waals surface area contributed by atoms with Gasteiger partial charge in [0.25, 0.3) is 0 Å². The van der Waals surface area contributed by atoms with Gasteiger partial charge < -0.3 is 15.5 Å². The highest BCUT2D eigenvalue weighted by molar-refractivity contribution is 5.55. The van der Waals surface area contributed by atoms with Gasteiger partial charge in [0.15, 0.2) is 0 Å². The normalized spacial score (nSPS) is 12.2. The van der Waals surface area contributed by atoms with Crippen molar-refractivity contribution in [2.45, 2.75) is 26.8 Å². The maximum absolute atomic E-state index is 9.97. The van der Waals surface area contributed by atoms with Crippen molar-refractivity contribution >= 4 is 5.69 Å². The Kier molecular flexibility index (Phi) is 3.65. The molecule has 0 aliphatic rings. The SMILES string of the molecule is Cc1ccc(C(C)Nc2ccc(O)cc2C)c(O)c1. The van der Waals surface area contributed by atoms with E-state index in [1.807, 2.05) is 39.0 Å². The Morgan fingerprint density at radius 2 is 1.74 bits per heavy atom. The molecule has 2 aromatic carbocycles. The molecular formula is C16H19NO2. The molecule has 0 radical (unpaired) electrons. The molecule has 100 valence electrons. The zero-order chi connectivity index (χ0) is 14.0. The van der Waals surface area contributed by atoms with Crippen LogP contribution >= 0.6 is 0 Å². The molecule has 19 heavy (non-hydrogen) atoms. The molecule has 0 spiro atoms. The molecule has 2 aromatic rings. The zero-order valence-electron chi connectivity index (χ0n) is 11.4. The minimum absolute atomic E-state index is 0.0103. The standard InChI is InChI=1S/C16H19NO2/c1-10-4-6-14(16(19)8-10)12(3)17-15-7-5-13(18)9-11(15)2/h4-9,12,17-19H,1-3H3. The molecule has 0 saturated carbocycles. The van der Waals surface area contributed by atoms with Gasteiger partial charge in [-0.2, -0.15) is 0 Å². The maximum Gasteiger partial charge on any atom is 0.121 e. The summed E-state index contributed by atoms with van der Waals surface area (Å²) in [5.74, 6) is 0.560. The van der Waals surface area contributed by atoms with E-state index in [9.17, 15) is 10.2 Å². The van der Waals surface area contributed by atoms with E-state index >= 15 is 0 Å². The van der Waals surface area contributed by atoms with Crippen LogP contribution in [0.3, 0.4) is 0 Å². The van der Waals surface area contributed by atoms with Crippen molar-refractivity contribution in [3.8, 4) is 11.5 Å². The number of aryl methyl sites for hydroxylation is 2. The van der Waals surface area contributed by atoms with Crippen LogP contribution < -0.4 is 5.32 Å². The quantitative estimate of drug-likeness (QED) is 0.731. The van der Waals surface area contributed by atoms with Gasteiger partial charge in [-0.15, -0.1) is 0 Å². The molecule has 0 aromatic heterocycles. The number of aromatic hydroxyl groups is 2. The van der Waals surface area contributed by atoms with Gasteiger partial charge in [0.1, 0.15) is 11.5 Å². The van der Waals surface area contributed by atoms with E-state index in [4.69, 9.17) is 0 Å². The van der Waals surface area contributed by atoms with Gasteiger partial charge in [-0.05, 0) is 56.2 Å². The summed E-state index contributed by atoms with van der Waals surface area (Å²) in [5.41, 5.74) is 3.82. The number of phenols is 2. The van der Waals surface area contributed by atoms with Crippen LogP contribution in [0.5, 0.6) is 11.5 Å².